The topological polar surface area (TPSA) is 66.5 Å². The number of halogens is 1. The number of benzene rings is 2. The summed E-state index contributed by atoms with van der Waals surface area (Å²) in [6, 6.07) is 13.4. The molecule has 1 N–H and O–H groups in total. The predicted molar refractivity (Wildman–Crippen MR) is 96.5 cm³/mol. The van der Waals surface area contributed by atoms with Crippen molar-refractivity contribution in [3.05, 3.63) is 58.6 Å². The molecule has 0 atom stereocenters. The summed E-state index contributed by atoms with van der Waals surface area (Å²) in [7, 11) is -3.49. The Labute approximate surface area is 149 Å². The number of rotatable bonds is 4. The Hall–Kier alpha value is -1.70. The largest absolute Gasteiger partial charge is 0.322 e. The van der Waals surface area contributed by atoms with Crippen LogP contribution < -0.4 is 5.32 Å². The van der Waals surface area contributed by atoms with Crippen LogP contribution in [0.15, 0.2) is 57.9 Å². The van der Waals surface area contributed by atoms with Gasteiger partial charge in [0.1, 0.15) is 0 Å². The molecular formula is C17H17BrN2O3S. The number of nitrogens with zero attached hydrogens (tertiary/aromatic N) is 1. The summed E-state index contributed by atoms with van der Waals surface area (Å²) in [5.74, 6) is -0.285. The number of sulfonamides is 1. The first-order chi connectivity index (χ1) is 11.5. The maximum absolute atomic E-state index is 12.6. The van der Waals surface area contributed by atoms with Gasteiger partial charge in [0.25, 0.3) is 5.91 Å². The lowest BCUT2D eigenvalue weighted by molar-refractivity contribution is 0.102. The van der Waals surface area contributed by atoms with Crippen molar-refractivity contribution in [2.75, 3.05) is 18.4 Å². The molecule has 126 valence electrons. The molecule has 24 heavy (non-hydrogen) atoms. The molecular weight excluding hydrogens is 392 g/mol. The van der Waals surface area contributed by atoms with E-state index in [1.165, 1.54) is 10.4 Å². The number of carbonyl (C=O) groups is 1. The van der Waals surface area contributed by atoms with Gasteiger partial charge in [0, 0.05) is 28.8 Å². The highest BCUT2D eigenvalue weighted by Crippen LogP contribution is 2.23. The minimum atomic E-state index is -3.49. The molecule has 1 fully saturated rings. The second-order valence-corrected chi connectivity index (χ2v) is 8.46. The van der Waals surface area contributed by atoms with Gasteiger partial charge in [-0.2, -0.15) is 4.31 Å². The Morgan fingerprint density at radius 3 is 2.46 bits per heavy atom. The van der Waals surface area contributed by atoms with Crippen molar-refractivity contribution < 1.29 is 13.2 Å². The molecule has 0 unspecified atom stereocenters. The Bertz CT molecular complexity index is 862. The summed E-state index contributed by atoms with van der Waals surface area (Å²) in [4.78, 5) is 12.5. The fourth-order valence-corrected chi connectivity index (χ4v) is 4.61. The highest BCUT2D eigenvalue weighted by molar-refractivity contribution is 9.10. The second-order valence-electron chi connectivity index (χ2n) is 5.60. The molecule has 1 amide bonds. The van der Waals surface area contributed by atoms with E-state index < -0.39 is 10.0 Å². The normalized spacial score (nSPS) is 15.4. The van der Waals surface area contributed by atoms with Crippen molar-refractivity contribution in [3.8, 4) is 0 Å². The van der Waals surface area contributed by atoms with Crippen molar-refractivity contribution >= 4 is 37.5 Å². The van der Waals surface area contributed by atoms with Gasteiger partial charge in [0.2, 0.25) is 10.0 Å². The van der Waals surface area contributed by atoms with Crippen LogP contribution in [0.4, 0.5) is 5.69 Å². The van der Waals surface area contributed by atoms with Gasteiger partial charge in [0.15, 0.2) is 0 Å². The summed E-state index contributed by atoms with van der Waals surface area (Å²) in [5, 5.41) is 2.75. The van der Waals surface area contributed by atoms with E-state index in [2.05, 4.69) is 21.2 Å². The van der Waals surface area contributed by atoms with E-state index in [-0.39, 0.29) is 10.8 Å². The molecule has 5 nitrogen and oxygen atoms in total. The van der Waals surface area contributed by atoms with Crippen LogP contribution in [0.2, 0.25) is 0 Å². The fourth-order valence-electron chi connectivity index (χ4n) is 2.64. The van der Waals surface area contributed by atoms with E-state index in [9.17, 15) is 13.2 Å². The number of amides is 1. The molecule has 1 aliphatic rings. The lowest BCUT2D eigenvalue weighted by Crippen LogP contribution is -2.27. The molecule has 1 aliphatic heterocycles. The van der Waals surface area contributed by atoms with Crippen LogP contribution in [0, 0.1) is 0 Å². The van der Waals surface area contributed by atoms with E-state index in [1.807, 2.05) is 6.07 Å². The zero-order valence-electron chi connectivity index (χ0n) is 12.9. The molecule has 7 heteroatoms. The van der Waals surface area contributed by atoms with Gasteiger partial charge < -0.3 is 5.32 Å². The number of nitrogens with one attached hydrogen (secondary N) is 1. The molecule has 1 heterocycles. The summed E-state index contributed by atoms with van der Waals surface area (Å²) >= 11 is 3.33. The first kappa shape index (κ1) is 17.1. The highest BCUT2D eigenvalue weighted by atomic mass is 79.9. The molecule has 2 aromatic rings. The highest BCUT2D eigenvalue weighted by Gasteiger charge is 2.27. The summed E-state index contributed by atoms with van der Waals surface area (Å²) in [6.45, 7) is 1.11. The van der Waals surface area contributed by atoms with Crippen molar-refractivity contribution in [2.24, 2.45) is 0 Å². The second kappa shape index (κ2) is 7.04. The predicted octanol–water partition coefficient (Wildman–Crippen LogP) is 3.49. The molecule has 2 aromatic carbocycles. The Morgan fingerprint density at radius 2 is 1.75 bits per heavy atom. The lowest BCUT2D eigenvalue weighted by atomic mass is 10.2. The van der Waals surface area contributed by atoms with Crippen molar-refractivity contribution in [3.63, 3.8) is 0 Å². The maximum Gasteiger partial charge on any atom is 0.255 e. The van der Waals surface area contributed by atoms with Gasteiger partial charge in [-0.25, -0.2) is 8.42 Å². The number of hydrogen-bond acceptors (Lipinski definition) is 3. The molecule has 0 bridgehead atoms. The van der Waals surface area contributed by atoms with Crippen molar-refractivity contribution in [1.82, 2.24) is 4.31 Å². The van der Waals surface area contributed by atoms with Gasteiger partial charge in [0.05, 0.1) is 4.90 Å². The minimum Gasteiger partial charge on any atom is -0.322 e. The standard InChI is InChI=1S/C17H17BrN2O3S/c18-14-6-3-5-13(11-14)17(21)19-15-7-4-8-16(12-15)24(22,23)20-9-1-2-10-20/h3-8,11-12H,1-2,9-10H2,(H,19,21). The zero-order valence-corrected chi connectivity index (χ0v) is 15.3. The van der Waals surface area contributed by atoms with E-state index in [0.717, 1.165) is 17.3 Å². The monoisotopic (exact) mass is 408 g/mol. The van der Waals surface area contributed by atoms with Gasteiger partial charge in [-0.1, -0.05) is 28.1 Å². The van der Waals surface area contributed by atoms with E-state index in [1.54, 1.807) is 36.4 Å². The number of carbonyl (C=O) groups excluding carboxylic acids is 1. The van der Waals surface area contributed by atoms with Crippen LogP contribution in [0.1, 0.15) is 23.2 Å². The SMILES string of the molecule is O=C(Nc1cccc(S(=O)(=O)N2CCCC2)c1)c1cccc(Br)c1. The fraction of sp³-hybridized carbons (Fsp3) is 0.235. The maximum atomic E-state index is 12.6. The molecule has 0 spiro atoms. The average Bonchev–Trinajstić information content (AvgIpc) is 3.10. The van der Waals surface area contributed by atoms with E-state index >= 15 is 0 Å². The molecule has 0 aromatic heterocycles. The number of hydrogen-bond donors (Lipinski definition) is 1. The minimum absolute atomic E-state index is 0.205. The van der Waals surface area contributed by atoms with Gasteiger partial charge in [-0.15, -0.1) is 0 Å². The van der Waals surface area contributed by atoms with Crippen LogP contribution in [-0.4, -0.2) is 31.7 Å². The van der Waals surface area contributed by atoms with Crippen molar-refractivity contribution in [2.45, 2.75) is 17.7 Å². The first-order valence-corrected chi connectivity index (χ1v) is 9.87. The van der Waals surface area contributed by atoms with Gasteiger partial charge >= 0.3 is 0 Å². The van der Waals surface area contributed by atoms with Gasteiger partial charge in [-0.05, 0) is 49.2 Å². The number of anilines is 1. The first-order valence-electron chi connectivity index (χ1n) is 7.64. The van der Waals surface area contributed by atoms with Crippen molar-refractivity contribution in [1.29, 1.82) is 0 Å². The van der Waals surface area contributed by atoms with E-state index in [0.29, 0.717) is 24.3 Å². The van der Waals surface area contributed by atoms with Crippen LogP contribution >= 0.6 is 15.9 Å². The Morgan fingerprint density at radius 1 is 1.04 bits per heavy atom. The Balaban J connectivity index is 1.82. The molecule has 1 saturated heterocycles. The average molecular weight is 409 g/mol. The molecule has 3 rings (SSSR count). The van der Waals surface area contributed by atoms with Gasteiger partial charge in [-0.3, -0.25) is 4.79 Å². The molecule has 0 aliphatic carbocycles. The summed E-state index contributed by atoms with van der Waals surface area (Å²) < 4.78 is 27.5. The smallest absolute Gasteiger partial charge is 0.255 e. The third kappa shape index (κ3) is 3.68. The lowest BCUT2D eigenvalue weighted by Gasteiger charge is -2.16. The van der Waals surface area contributed by atoms with E-state index in [4.69, 9.17) is 0 Å². The van der Waals surface area contributed by atoms with Crippen LogP contribution in [0.25, 0.3) is 0 Å². The molecule has 0 saturated carbocycles. The molecule has 0 radical (unpaired) electrons. The quantitative estimate of drug-likeness (QED) is 0.841. The third-order valence-corrected chi connectivity index (χ3v) is 6.27. The third-order valence-electron chi connectivity index (χ3n) is 3.88. The van der Waals surface area contributed by atoms with Crippen LogP contribution in [-0.2, 0) is 10.0 Å². The zero-order chi connectivity index (χ0) is 17.2. The summed E-state index contributed by atoms with van der Waals surface area (Å²) in [5.41, 5.74) is 0.956. The Kier molecular flexibility index (Phi) is 5.03. The van der Waals surface area contributed by atoms with Crippen LogP contribution in [0.3, 0.4) is 0 Å². The summed E-state index contributed by atoms with van der Waals surface area (Å²) in [6.07, 6.45) is 1.77. The van der Waals surface area contributed by atoms with Crippen LogP contribution in [0.5, 0.6) is 0 Å².